The smallest absolute Gasteiger partial charge is 0.322 e. The van der Waals surface area contributed by atoms with Gasteiger partial charge in [-0.25, -0.2) is 0 Å². The first-order valence-corrected chi connectivity index (χ1v) is 6.62. The van der Waals surface area contributed by atoms with Gasteiger partial charge in [-0.05, 0) is 24.6 Å². The van der Waals surface area contributed by atoms with E-state index in [-0.39, 0.29) is 17.7 Å². The molecule has 0 radical (unpaired) electrons. The molecular formula is C12H14N4O2S. The van der Waals surface area contributed by atoms with E-state index in [2.05, 4.69) is 15.5 Å². The normalized spacial score (nSPS) is 10.4. The number of amides is 1. The van der Waals surface area contributed by atoms with Gasteiger partial charge in [0.1, 0.15) is 0 Å². The lowest BCUT2D eigenvalue weighted by Crippen LogP contribution is -2.14. The minimum atomic E-state index is -0.199. The molecule has 0 unspecified atom stereocenters. The Morgan fingerprint density at radius 2 is 2.21 bits per heavy atom. The van der Waals surface area contributed by atoms with E-state index in [1.165, 1.54) is 11.8 Å². The van der Waals surface area contributed by atoms with E-state index in [0.717, 1.165) is 16.1 Å². The highest BCUT2D eigenvalue weighted by atomic mass is 32.2. The Morgan fingerprint density at radius 1 is 1.42 bits per heavy atom. The summed E-state index contributed by atoms with van der Waals surface area (Å²) in [6, 6.07) is 5.75. The number of rotatable bonds is 4. The molecule has 0 atom stereocenters. The first-order valence-electron chi connectivity index (χ1n) is 5.64. The molecule has 0 spiro atoms. The van der Waals surface area contributed by atoms with Crippen molar-refractivity contribution < 1.29 is 9.21 Å². The lowest BCUT2D eigenvalue weighted by Gasteiger charge is -2.07. The zero-order chi connectivity index (χ0) is 13.8. The summed E-state index contributed by atoms with van der Waals surface area (Å²) in [6.07, 6.45) is 0. The Labute approximate surface area is 114 Å². The van der Waals surface area contributed by atoms with Crippen molar-refractivity contribution in [1.82, 2.24) is 10.2 Å². The molecule has 0 aliphatic heterocycles. The van der Waals surface area contributed by atoms with Crippen LogP contribution < -0.4 is 11.1 Å². The maximum atomic E-state index is 11.7. The Bertz CT molecular complexity index is 597. The summed E-state index contributed by atoms with van der Waals surface area (Å²) < 4.78 is 5.07. The maximum absolute atomic E-state index is 11.7. The van der Waals surface area contributed by atoms with Gasteiger partial charge in [-0.3, -0.25) is 10.1 Å². The Hall–Kier alpha value is -2.02. The van der Waals surface area contributed by atoms with Crippen LogP contribution >= 0.6 is 11.8 Å². The van der Waals surface area contributed by atoms with Gasteiger partial charge in [-0.15, -0.1) is 16.9 Å². The highest BCUT2D eigenvalue weighted by Gasteiger charge is 2.09. The number of carbonyl (C=O) groups is 1. The largest absolute Gasteiger partial charge is 0.408 e. The average molecular weight is 278 g/mol. The van der Waals surface area contributed by atoms with Crippen LogP contribution in [0.4, 0.5) is 11.7 Å². The van der Waals surface area contributed by atoms with Crippen LogP contribution in [-0.2, 0) is 4.79 Å². The van der Waals surface area contributed by atoms with Crippen molar-refractivity contribution in [1.29, 1.82) is 0 Å². The number of benzene rings is 1. The summed E-state index contributed by atoms with van der Waals surface area (Å²) in [5, 5.41) is 9.86. The molecule has 0 fully saturated rings. The molecule has 1 heterocycles. The van der Waals surface area contributed by atoms with Crippen LogP contribution in [0.1, 0.15) is 11.5 Å². The number of carbonyl (C=O) groups excluding carboxylic acids is 1. The third-order valence-electron chi connectivity index (χ3n) is 2.46. The quantitative estimate of drug-likeness (QED) is 0.656. The van der Waals surface area contributed by atoms with Crippen LogP contribution in [0.25, 0.3) is 0 Å². The van der Waals surface area contributed by atoms with Gasteiger partial charge in [-0.2, -0.15) is 0 Å². The van der Waals surface area contributed by atoms with Gasteiger partial charge in [0.05, 0.1) is 5.75 Å². The van der Waals surface area contributed by atoms with E-state index in [4.69, 9.17) is 10.2 Å². The number of aryl methyl sites for hydroxylation is 1. The maximum Gasteiger partial charge on any atom is 0.322 e. The zero-order valence-corrected chi connectivity index (χ0v) is 11.5. The highest BCUT2D eigenvalue weighted by molar-refractivity contribution is 8.00. The average Bonchev–Trinajstić information content (AvgIpc) is 2.76. The molecule has 0 aliphatic carbocycles. The fourth-order valence-electron chi connectivity index (χ4n) is 1.43. The molecule has 1 aromatic heterocycles. The molecule has 3 N–H and O–H groups in total. The van der Waals surface area contributed by atoms with Crippen LogP contribution in [0.2, 0.25) is 0 Å². The molecular weight excluding hydrogens is 264 g/mol. The molecule has 19 heavy (non-hydrogen) atoms. The molecule has 0 saturated heterocycles. The summed E-state index contributed by atoms with van der Waals surface area (Å²) in [5.74, 6) is 0.469. The fraction of sp³-hybridized carbons (Fsp3) is 0.250. The van der Waals surface area contributed by atoms with E-state index in [1.54, 1.807) is 6.92 Å². The summed E-state index contributed by atoms with van der Waals surface area (Å²) >= 11 is 1.41. The van der Waals surface area contributed by atoms with Crippen molar-refractivity contribution in [2.45, 2.75) is 18.7 Å². The Morgan fingerprint density at radius 3 is 2.89 bits per heavy atom. The predicted molar refractivity (Wildman–Crippen MR) is 74.0 cm³/mol. The van der Waals surface area contributed by atoms with E-state index < -0.39 is 0 Å². The number of nitrogens with one attached hydrogen (secondary N) is 1. The number of nitrogen functional groups attached to an aromatic ring is 1. The molecule has 0 saturated carbocycles. The van der Waals surface area contributed by atoms with Gasteiger partial charge >= 0.3 is 6.01 Å². The molecule has 2 aromatic rings. The second-order valence-corrected chi connectivity index (χ2v) is 4.95. The van der Waals surface area contributed by atoms with E-state index in [0.29, 0.717) is 5.89 Å². The molecule has 7 heteroatoms. The second-order valence-electron chi connectivity index (χ2n) is 3.93. The van der Waals surface area contributed by atoms with Gasteiger partial charge in [0.15, 0.2) is 0 Å². The number of nitrogens with two attached hydrogens (primary N) is 1. The summed E-state index contributed by atoms with van der Waals surface area (Å²) in [5.41, 5.74) is 7.51. The zero-order valence-electron chi connectivity index (χ0n) is 10.6. The molecule has 1 aromatic carbocycles. The summed E-state index contributed by atoms with van der Waals surface area (Å²) in [4.78, 5) is 12.7. The highest BCUT2D eigenvalue weighted by Crippen LogP contribution is 2.26. The van der Waals surface area contributed by atoms with Crippen LogP contribution in [0.15, 0.2) is 27.5 Å². The van der Waals surface area contributed by atoms with E-state index >= 15 is 0 Å². The minimum Gasteiger partial charge on any atom is -0.408 e. The third kappa shape index (κ3) is 3.47. The molecule has 1 amide bonds. The number of hydrogen-bond donors (Lipinski definition) is 2. The monoisotopic (exact) mass is 278 g/mol. The van der Waals surface area contributed by atoms with Crippen molar-refractivity contribution >= 4 is 29.4 Å². The van der Waals surface area contributed by atoms with Gasteiger partial charge < -0.3 is 10.2 Å². The summed E-state index contributed by atoms with van der Waals surface area (Å²) in [7, 11) is 0. The second kappa shape index (κ2) is 5.75. The number of hydrogen-bond acceptors (Lipinski definition) is 6. The van der Waals surface area contributed by atoms with Crippen molar-refractivity contribution in [2.75, 3.05) is 16.8 Å². The lowest BCUT2D eigenvalue weighted by atomic mass is 10.2. The van der Waals surface area contributed by atoms with Gasteiger partial charge in [0, 0.05) is 17.5 Å². The van der Waals surface area contributed by atoms with Crippen molar-refractivity contribution in [2.24, 2.45) is 0 Å². The molecule has 100 valence electrons. The first kappa shape index (κ1) is 13.4. The predicted octanol–water partition coefficient (Wildman–Crippen LogP) is 2.00. The number of aromatic nitrogens is 2. The van der Waals surface area contributed by atoms with Crippen molar-refractivity contribution in [3.8, 4) is 0 Å². The standard InChI is InChI=1S/C12H14N4O2S/c1-7-9(13)4-3-5-10(7)19-6-11(17)14-12-16-15-8(2)18-12/h3-5H,6,13H2,1-2H3,(H,14,16,17). The summed E-state index contributed by atoms with van der Waals surface area (Å²) in [6.45, 7) is 3.59. The number of anilines is 2. The Kier molecular flexibility index (Phi) is 4.06. The van der Waals surface area contributed by atoms with Gasteiger partial charge in [0.2, 0.25) is 11.8 Å². The van der Waals surface area contributed by atoms with Crippen LogP contribution in [0.5, 0.6) is 0 Å². The Balaban J connectivity index is 1.91. The van der Waals surface area contributed by atoms with Gasteiger partial charge in [0.25, 0.3) is 0 Å². The van der Waals surface area contributed by atoms with Crippen LogP contribution in [0.3, 0.4) is 0 Å². The third-order valence-corrected chi connectivity index (χ3v) is 3.62. The number of thioether (sulfide) groups is 1. The minimum absolute atomic E-state index is 0.118. The molecule has 0 bridgehead atoms. The number of nitrogens with zero attached hydrogens (tertiary/aromatic N) is 2. The molecule has 0 aliphatic rings. The topological polar surface area (TPSA) is 94.0 Å². The molecule has 6 nitrogen and oxygen atoms in total. The SMILES string of the molecule is Cc1nnc(NC(=O)CSc2cccc(N)c2C)o1. The van der Waals surface area contributed by atoms with Crippen LogP contribution in [-0.4, -0.2) is 21.9 Å². The van der Waals surface area contributed by atoms with Crippen LogP contribution in [0, 0.1) is 13.8 Å². The van der Waals surface area contributed by atoms with E-state index in [1.807, 2.05) is 25.1 Å². The first-order chi connectivity index (χ1) is 9.06. The van der Waals surface area contributed by atoms with Crippen molar-refractivity contribution in [3.05, 3.63) is 29.7 Å². The van der Waals surface area contributed by atoms with Crippen molar-refractivity contribution in [3.63, 3.8) is 0 Å². The fourth-order valence-corrected chi connectivity index (χ4v) is 2.30. The van der Waals surface area contributed by atoms with E-state index in [9.17, 15) is 4.79 Å². The lowest BCUT2D eigenvalue weighted by molar-refractivity contribution is -0.113. The molecule has 2 rings (SSSR count). The van der Waals surface area contributed by atoms with Gasteiger partial charge in [-0.1, -0.05) is 11.2 Å².